The smallest absolute Gasteiger partial charge is 0.391 e. The predicted molar refractivity (Wildman–Crippen MR) is 75.5 cm³/mol. The van der Waals surface area contributed by atoms with E-state index in [4.69, 9.17) is 11.6 Å². The number of halogens is 4. The lowest BCUT2D eigenvalue weighted by Gasteiger charge is -2.10. The molecule has 0 amide bonds. The number of carbonyl (C=O) groups excluding carboxylic acids is 1. The summed E-state index contributed by atoms with van der Waals surface area (Å²) in [6.45, 7) is 0. The van der Waals surface area contributed by atoms with Crippen molar-refractivity contribution >= 4 is 23.0 Å². The van der Waals surface area contributed by atoms with Crippen LogP contribution in [0.1, 0.15) is 17.5 Å². The molecule has 0 saturated heterocycles. The Morgan fingerprint density at radius 1 is 1.38 bits per heavy atom. The molecule has 0 fully saturated rings. The normalized spacial score (nSPS) is 19.7. The number of alkyl halides is 3. The number of hydrogen-bond acceptors (Lipinski definition) is 2. The van der Waals surface area contributed by atoms with Gasteiger partial charge >= 0.3 is 6.18 Å². The van der Waals surface area contributed by atoms with Crippen molar-refractivity contribution in [1.82, 2.24) is 5.32 Å². The van der Waals surface area contributed by atoms with E-state index < -0.39 is 17.7 Å². The van der Waals surface area contributed by atoms with Gasteiger partial charge in [-0.25, -0.2) is 0 Å². The van der Waals surface area contributed by atoms with Gasteiger partial charge in [-0.2, -0.15) is 13.2 Å². The molecule has 1 atom stereocenters. The Kier molecular flexibility index (Phi) is 4.42. The first-order valence-corrected chi connectivity index (χ1v) is 6.71. The largest absolute Gasteiger partial charge is 0.416 e. The number of carbonyl (C=O) groups is 1. The highest BCUT2D eigenvalue weighted by Gasteiger charge is 2.34. The minimum absolute atomic E-state index is 0.226. The molecule has 0 saturated carbocycles. The van der Waals surface area contributed by atoms with Crippen molar-refractivity contribution in [2.45, 2.75) is 12.6 Å². The average Bonchev–Trinajstić information content (AvgIpc) is 2.75. The van der Waals surface area contributed by atoms with Crippen LogP contribution in [0.15, 0.2) is 41.6 Å². The van der Waals surface area contributed by atoms with Gasteiger partial charge in [0.05, 0.1) is 5.56 Å². The minimum Gasteiger partial charge on any atom is -0.391 e. The SMILES string of the molecule is CNC1=C(c2cccc(C(F)(F)F)c2)C(=O)C(/C=C/Cl)C1. The molecule has 1 aliphatic rings. The number of Topliss-reactive ketones (excluding diaryl/α,β-unsaturated/α-hetero) is 1. The van der Waals surface area contributed by atoms with Crippen LogP contribution in [0.3, 0.4) is 0 Å². The number of benzene rings is 1. The Hall–Kier alpha value is -1.75. The predicted octanol–water partition coefficient (Wildman–Crippen LogP) is 3.98. The van der Waals surface area contributed by atoms with Gasteiger partial charge in [-0.05, 0) is 17.7 Å². The van der Waals surface area contributed by atoms with Gasteiger partial charge in [-0.3, -0.25) is 4.79 Å². The second kappa shape index (κ2) is 5.93. The van der Waals surface area contributed by atoms with E-state index in [1.165, 1.54) is 17.7 Å². The zero-order chi connectivity index (χ0) is 15.6. The molecule has 0 heterocycles. The van der Waals surface area contributed by atoms with E-state index in [1.54, 1.807) is 13.1 Å². The highest BCUT2D eigenvalue weighted by molar-refractivity contribution is 6.27. The monoisotopic (exact) mass is 315 g/mol. The minimum atomic E-state index is -4.44. The van der Waals surface area contributed by atoms with E-state index in [1.807, 2.05) is 0 Å². The maximum atomic E-state index is 12.8. The lowest BCUT2D eigenvalue weighted by molar-refractivity contribution is -0.137. The van der Waals surface area contributed by atoms with Crippen LogP contribution in [0.2, 0.25) is 0 Å². The lowest BCUT2D eigenvalue weighted by atomic mass is 9.98. The fraction of sp³-hybridized carbons (Fsp3) is 0.267. The summed E-state index contributed by atoms with van der Waals surface area (Å²) in [5, 5.41) is 2.89. The Labute approximate surface area is 125 Å². The maximum absolute atomic E-state index is 12.8. The summed E-state index contributed by atoms with van der Waals surface area (Å²) in [4.78, 5) is 12.3. The van der Waals surface area contributed by atoms with Gasteiger partial charge in [0, 0.05) is 36.2 Å². The molecule has 0 aliphatic heterocycles. The molecule has 0 spiro atoms. The van der Waals surface area contributed by atoms with Gasteiger partial charge in [-0.15, -0.1) is 0 Å². The molecular weight excluding hydrogens is 303 g/mol. The van der Waals surface area contributed by atoms with Crippen molar-refractivity contribution in [3.63, 3.8) is 0 Å². The summed E-state index contributed by atoms with van der Waals surface area (Å²) in [6.07, 6.45) is -2.49. The van der Waals surface area contributed by atoms with Crippen LogP contribution in [0.25, 0.3) is 5.57 Å². The summed E-state index contributed by atoms with van der Waals surface area (Å²) >= 11 is 5.50. The van der Waals surface area contributed by atoms with Gasteiger partial charge in [0.2, 0.25) is 0 Å². The number of allylic oxidation sites excluding steroid dienone is 3. The molecule has 0 radical (unpaired) electrons. The summed E-state index contributed by atoms with van der Waals surface area (Å²) in [7, 11) is 1.64. The molecule has 2 nitrogen and oxygen atoms in total. The fourth-order valence-corrected chi connectivity index (χ4v) is 2.56. The van der Waals surface area contributed by atoms with Crippen LogP contribution in [0.5, 0.6) is 0 Å². The summed E-state index contributed by atoms with van der Waals surface area (Å²) < 4.78 is 38.3. The third kappa shape index (κ3) is 3.13. The number of nitrogens with one attached hydrogen (secondary N) is 1. The van der Waals surface area contributed by atoms with Crippen molar-refractivity contribution < 1.29 is 18.0 Å². The third-order valence-corrected chi connectivity index (χ3v) is 3.54. The number of hydrogen-bond donors (Lipinski definition) is 1. The molecule has 0 bridgehead atoms. The Morgan fingerprint density at radius 3 is 2.67 bits per heavy atom. The van der Waals surface area contributed by atoms with E-state index in [9.17, 15) is 18.0 Å². The van der Waals surface area contributed by atoms with Gasteiger partial charge < -0.3 is 5.32 Å². The van der Waals surface area contributed by atoms with Crippen LogP contribution >= 0.6 is 11.6 Å². The van der Waals surface area contributed by atoms with Crippen molar-refractivity contribution in [2.24, 2.45) is 5.92 Å². The van der Waals surface area contributed by atoms with E-state index in [2.05, 4.69) is 5.32 Å². The number of ketones is 1. The van der Waals surface area contributed by atoms with Crippen molar-refractivity contribution in [1.29, 1.82) is 0 Å². The van der Waals surface area contributed by atoms with Crippen LogP contribution < -0.4 is 5.32 Å². The number of rotatable bonds is 3. The van der Waals surface area contributed by atoms with Crippen molar-refractivity contribution in [3.05, 3.63) is 52.7 Å². The van der Waals surface area contributed by atoms with E-state index >= 15 is 0 Å². The van der Waals surface area contributed by atoms with Gasteiger partial charge in [-0.1, -0.05) is 29.8 Å². The molecule has 1 aromatic rings. The molecule has 1 aliphatic carbocycles. The van der Waals surface area contributed by atoms with Crippen LogP contribution in [-0.4, -0.2) is 12.8 Å². The molecule has 21 heavy (non-hydrogen) atoms. The topological polar surface area (TPSA) is 29.1 Å². The molecule has 112 valence electrons. The highest BCUT2D eigenvalue weighted by atomic mass is 35.5. The molecule has 1 unspecified atom stereocenters. The van der Waals surface area contributed by atoms with Crippen molar-refractivity contribution in [2.75, 3.05) is 7.05 Å². The molecule has 2 rings (SSSR count). The van der Waals surface area contributed by atoms with E-state index in [0.717, 1.165) is 12.1 Å². The van der Waals surface area contributed by atoms with Crippen LogP contribution in [0.4, 0.5) is 13.2 Å². The highest BCUT2D eigenvalue weighted by Crippen LogP contribution is 2.37. The zero-order valence-electron chi connectivity index (χ0n) is 11.2. The summed E-state index contributed by atoms with van der Waals surface area (Å²) in [6, 6.07) is 4.79. The first kappa shape index (κ1) is 15.6. The van der Waals surface area contributed by atoms with Crippen LogP contribution in [-0.2, 0) is 11.0 Å². The molecule has 1 aromatic carbocycles. The molecule has 6 heteroatoms. The van der Waals surface area contributed by atoms with Gasteiger partial charge in [0.1, 0.15) is 0 Å². The zero-order valence-corrected chi connectivity index (χ0v) is 11.9. The van der Waals surface area contributed by atoms with E-state index in [0.29, 0.717) is 17.7 Å². The second-order valence-electron chi connectivity index (χ2n) is 4.68. The quantitative estimate of drug-likeness (QED) is 0.914. The van der Waals surface area contributed by atoms with E-state index in [-0.39, 0.29) is 11.3 Å². The Balaban J connectivity index is 2.47. The fourth-order valence-electron chi connectivity index (χ4n) is 2.39. The Morgan fingerprint density at radius 2 is 2.10 bits per heavy atom. The molecular formula is C15H13ClF3NO. The maximum Gasteiger partial charge on any atom is 0.416 e. The first-order chi connectivity index (χ1) is 9.88. The van der Waals surface area contributed by atoms with Crippen molar-refractivity contribution in [3.8, 4) is 0 Å². The first-order valence-electron chi connectivity index (χ1n) is 6.28. The average molecular weight is 316 g/mol. The van der Waals surface area contributed by atoms with Crippen LogP contribution in [0, 0.1) is 5.92 Å². The molecule has 0 aromatic heterocycles. The summed E-state index contributed by atoms with van der Waals surface area (Å²) in [5.74, 6) is -0.662. The Bertz CT molecular complexity index is 620. The van der Waals surface area contributed by atoms with Gasteiger partial charge in [0.15, 0.2) is 5.78 Å². The van der Waals surface area contributed by atoms with Gasteiger partial charge in [0.25, 0.3) is 0 Å². The molecule has 1 N–H and O–H groups in total. The lowest BCUT2D eigenvalue weighted by Crippen LogP contribution is -2.09. The third-order valence-electron chi connectivity index (χ3n) is 3.39. The second-order valence-corrected chi connectivity index (χ2v) is 4.93. The summed E-state index contributed by atoms with van der Waals surface area (Å²) in [5.41, 5.74) is 1.67. The standard InChI is InChI=1S/C15H13ClF3NO/c1-20-12-8-10(5-6-16)14(21)13(12)9-3-2-4-11(7-9)15(17,18)19/h2-7,10,20H,8H2,1H3/b6-5+.